The predicted octanol–water partition coefficient (Wildman–Crippen LogP) is 1.90. The van der Waals surface area contributed by atoms with Crippen molar-refractivity contribution in [3.8, 4) is 28.8 Å². The number of anilines is 2. The van der Waals surface area contributed by atoms with E-state index in [0.717, 1.165) is 12.4 Å². The van der Waals surface area contributed by atoms with Crippen LogP contribution in [-0.4, -0.2) is 71.6 Å². The molecule has 41 heavy (non-hydrogen) atoms. The number of nitrogens with one attached hydrogen (secondary N) is 1. The largest absolute Gasteiger partial charge is 0.494 e. The highest BCUT2D eigenvalue weighted by atomic mass is 32.2. The summed E-state index contributed by atoms with van der Waals surface area (Å²) in [6.07, 6.45) is 1.84. The van der Waals surface area contributed by atoms with Gasteiger partial charge in [0.1, 0.15) is 22.9 Å². The van der Waals surface area contributed by atoms with E-state index < -0.39 is 32.9 Å². The van der Waals surface area contributed by atoms with E-state index >= 15 is 0 Å². The van der Waals surface area contributed by atoms with Crippen LogP contribution in [0.15, 0.2) is 47.1 Å². The summed E-state index contributed by atoms with van der Waals surface area (Å²) >= 11 is 0. The molecule has 2 atom stereocenters. The summed E-state index contributed by atoms with van der Waals surface area (Å²) in [4.78, 5) is 21.5. The number of furan rings is 1. The Kier molecular flexibility index (Phi) is 7.49. The van der Waals surface area contributed by atoms with Crippen molar-refractivity contribution in [3.63, 3.8) is 0 Å². The molecule has 1 saturated heterocycles. The average molecular weight is 587 g/mol. The Hall–Kier alpha value is -4.73. The summed E-state index contributed by atoms with van der Waals surface area (Å²) < 4.78 is 61.9. The van der Waals surface area contributed by atoms with Gasteiger partial charge in [-0.2, -0.15) is 0 Å². The van der Waals surface area contributed by atoms with Gasteiger partial charge in [0.05, 0.1) is 37.8 Å². The zero-order valence-electron chi connectivity index (χ0n) is 22.3. The third-order valence-corrected chi connectivity index (χ3v) is 8.31. The minimum absolute atomic E-state index is 0.0648. The molecule has 1 fully saturated rings. The Morgan fingerprint density at radius 2 is 1.78 bits per heavy atom. The van der Waals surface area contributed by atoms with Crippen LogP contribution >= 0.6 is 0 Å². The SMILES string of the molecule is COc1cccc(OC)c1-n1c(NS(=O)(=O)[C@H]2C[C@@H](C(N)=O)CN(c3ncc(F)cn3)C2)nnc1-c1ccc(C)o1. The van der Waals surface area contributed by atoms with Crippen LogP contribution in [0.1, 0.15) is 12.2 Å². The molecular formula is C25H27FN8O6S. The number of amides is 1. The molecule has 5 rings (SSSR count). The number of hydrogen-bond acceptors (Lipinski definition) is 11. The Morgan fingerprint density at radius 1 is 1.10 bits per heavy atom. The molecule has 0 bridgehead atoms. The molecule has 1 amide bonds. The van der Waals surface area contributed by atoms with Gasteiger partial charge in [0.15, 0.2) is 11.6 Å². The first kappa shape index (κ1) is 27.8. The van der Waals surface area contributed by atoms with Gasteiger partial charge < -0.3 is 24.5 Å². The van der Waals surface area contributed by atoms with Crippen molar-refractivity contribution in [1.29, 1.82) is 0 Å². The van der Waals surface area contributed by atoms with Crippen molar-refractivity contribution in [1.82, 2.24) is 24.7 Å². The minimum Gasteiger partial charge on any atom is -0.494 e. The number of carbonyl (C=O) groups excluding carboxylic acids is 1. The van der Waals surface area contributed by atoms with Gasteiger partial charge >= 0.3 is 0 Å². The van der Waals surface area contributed by atoms with Crippen LogP contribution in [0.2, 0.25) is 0 Å². The molecule has 0 radical (unpaired) electrons. The molecule has 14 nitrogen and oxygen atoms in total. The second kappa shape index (κ2) is 11.0. The van der Waals surface area contributed by atoms with Gasteiger partial charge in [-0.1, -0.05) is 6.07 Å². The van der Waals surface area contributed by atoms with Crippen LogP contribution in [0, 0.1) is 18.7 Å². The van der Waals surface area contributed by atoms with E-state index in [1.54, 1.807) is 37.3 Å². The number of piperidine rings is 1. The molecule has 1 aliphatic rings. The molecule has 0 unspecified atom stereocenters. The number of nitrogens with two attached hydrogens (primary N) is 1. The lowest BCUT2D eigenvalue weighted by atomic mass is 9.97. The molecule has 3 aromatic heterocycles. The van der Waals surface area contributed by atoms with E-state index in [0.29, 0.717) is 28.7 Å². The number of carbonyl (C=O) groups is 1. The van der Waals surface area contributed by atoms with Gasteiger partial charge in [0, 0.05) is 13.1 Å². The van der Waals surface area contributed by atoms with E-state index in [2.05, 4.69) is 24.9 Å². The highest BCUT2D eigenvalue weighted by molar-refractivity contribution is 7.93. The van der Waals surface area contributed by atoms with Crippen LogP contribution in [0.3, 0.4) is 0 Å². The number of nitrogens with zero attached hydrogens (tertiary/aromatic N) is 6. The van der Waals surface area contributed by atoms with Gasteiger partial charge in [-0.05, 0) is 37.6 Å². The molecule has 0 saturated carbocycles. The molecule has 3 N–H and O–H groups in total. The standard InChI is InChI=1S/C25H27FN8O6S/c1-14-7-8-20(40-14)23-30-31-25(34(23)21-18(38-2)5-4-6-19(21)39-3)32-41(36,37)17-9-15(22(27)35)12-33(13-17)24-28-10-16(26)11-29-24/h4-8,10-11,15,17H,9,12-13H2,1-3H3,(H2,27,35)(H,31,32)/t15-,17+/m1/s1. The zero-order valence-corrected chi connectivity index (χ0v) is 23.1. The maximum atomic E-state index is 13.8. The topological polar surface area (TPSA) is 181 Å². The smallest absolute Gasteiger partial charge is 0.243 e. The summed E-state index contributed by atoms with van der Waals surface area (Å²) in [6, 6.07) is 8.47. The normalized spacial score (nSPS) is 17.3. The summed E-state index contributed by atoms with van der Waals surface area (Å²) in [6.45, 7) is 1.73. The second-order valence-electron chi connectivity index (χ2n) is 9.31. The number of ether oxygens (including phenoxy) is 2. The van der Waals surface area contributed by atoms with E-state index in [-0.39, 0.29) is 37.2 Å². The fourth-order valence-corrected chi connectivity index (χ4v) is 6.07. The number of rotatable bonds is 9. The number of hydrogen-bond donors (Lipinski definition) is 2. The van der Waals surface area contributed by atoms with Crippen LogP contribution < -0.4 is 24.8 Å². The van der Waals surface area contributed by atoms with E-state index in [1.165, 1.54) is 23.7 Å². The third kappa shape index (κ3) is 5.50. The maximum Gasteiger partial charge on any atom is 0.243 e. The zero-order chi connectivity index (χ0) is 29.3. The first-order chi connectivity index (χ1) is 19.6. The van der Waals surface area contributed by atoms with E-state index in [1.807, 2.05) is 0 Å². The fourth-order valence-electron chi connectivity index (χ4n) is 4.65. The van der Waals surface area contributed by atoms with Crippen molar-refractivity contribution in [2.75, 3.05) is 36.9 Å². The molecule has 4 aromatic rings. The molecule has 216 valence electrons. The van der Waals surface area contributed by atoms with Crippen molar-refractivity contribution in [2.45, 2.75) is 18.6 Å². The monoisotopic (exact) mass is 586 g/mol. The number of para-hydroxylation sites is 1. The van der Waals surface area contributed by atoms with Gasteiger partial charge in [-0.3, -0.25) is 14.1 Å². The van der Waals surface area contributed by atoms with Gasteiger partial charge in [-0.25, -0.2) is 22.8 Å². The number of methoxy groups -OCH3 is 2. The third-order valence-electron chi connectivity index (χ3n) is 6.63. The molecule has 1 aliphatic heterocycles. The van der Waals surface area contributed by atoms with Crippen LogP contribution in [0.4, 0.5) is 16.3 Å². The van der Waals surface area contributed by atoms with Crippen molar-refractivity contribution < 1.29 is 31.5 Å². The number of aromatic nitrogens is 5. The Labute approximate surface area is 234 Å². The predicted molar refractivity (Wildman–Crippen MR) is 145 cm³/mol. The molecule has 4 heterocycles. The van der Waals surface area contributed by atoms with Crippen LogP contribution in [0.25, 0.3) is 17.3 Å². The molecule has 0 aliphatic carbocycles. The van der Waals surface area contributed by atoms with Gasteiger partial charge in [0.2, 0.25) is 33.7 Å². The van der Waals surface area contributed by atoms with Crippen LogP contribution in [-0.2, 0) is 14.8 Å². The van der Waals surface area contributed by atoms with Crippen molar-refractivity contribution in [2.24, 2.45) is 11.7 Å². The highest BCUT2D eigenvalue weighted by Crippen LogP contribution is 2.38. The quantitative estimate of drug-likeness (QED) is 0.292. The molecule has 0 spiro atoms. The lowest BCUT2D eigenvalue weighted by Crippen LogP contribution is -2.51. The minimum atomic E-state index is -4.25. The second-order valence-corrected chi connectivity index (χ2v) is 11.3. The first-order valence-corrected chi connectivity index (χ1v) is 13.9. The lowest BCUT2D eigenvalue weighted by molar-refractivity contribution is -0.121. The molecule has 16 heteroatoms. The van der Waals surface area contributed by atoms with Crippen LogP contribution in [0.5, 0.6) is 11.5 Å². The summed E-state index contributed by atoms with van der Waals surface area (Å²) in [7, 11) is -1.33. The fraction of sp³-hybridized carbons (Fsp3) is 0.320. The molecule has 1 aromatic carbocycles. The summed E-state index contributed by atoms with van der Waals surface area (Å²) in [5.74, 6) is -0.499. The van der Waals surface area contributed by atoms with Crippen molar-refractivity contribution in [3.05, 3.63) is 54.3 Å². The van der Waals surface area contributed by atoms with Gasteiger partial charge in [-0.15, -0.1) is 10.2 Å². The highest BCUT2D eigenvalue weighted by Gasteiger charge is 2.40. The number of benzene rings is 1. The Balaban J connectivity index is 1.57. The lowest BCUT2D eigenvalue weighted by Gasteiger charge is -2.36. The Bertz CT molecular complexity index is 1650. The number of halogens is 1. The maximum absolute atomic E-state index is 13.8. The number of aryl methyl sites for hydroxylation is 1. The number of sulfonamides is 1. The summed E-state index contributed by atoms with van der Waals surface area (Å²) in [5.41, 5.74) is 5.90. The average Bonchev–Trinajstić information content (AvgIpc) is 3.57. The van der Waals surface area contributed by atoms with E-state index in [4.69, 9.17) is 19.6 Å². The number of primary amides is 1. The van der Waals surface area contributed by atoms with Crippen molar-refractivity contribution >= 4 is 27.8 Å². The van der Waals surface area contributed by atoms with E-state index in [9.17, 15) is 17.6 Å². The summed E-state index contributed by atoms with van der Waals surface area (Å²) in [5, 5.41) is 7.19. The first-order valence-electron chi connectivity index (χ1n) is 12.4. The molecular weight excluding hydrogens is 559 g/mol. The van der Waals surface area contributed by atoms with Gasteiger partial charge in [0.25, 0.3) is 0 Å². The Morgan fingerprint density at radius 3 is 2.37 bits per heavy atom.